The largest absolute Gasteiger partial charge is 0.507 e. The molecule has 2 atom stereocenters. The van der Waals surface area contributed by atoms with Crippen LogP contribution in [0.3, 0.4) is 0 Å². The Labute approximate surface area is 247 Å². The molecule has 0 unspecified atom stereocenters. The van der Waals surface area contributed by atoms with Crippen LogP contribution in [0.2, 0.25) is 5.02 Å². The van der Waals surface area contributed by atoms with Crippen LogP contribution in [0.15, 0.2) is 54.0 Å². The first-order valence-corrected chi connectivity index (χ1v) is 14.1. The van der Waals surface area contributed by atoms with Crippen molar-refractivity contribution in [2.24, 2.45) is 0 Å². The molecular weight excluding hydrogens is 559 g/mol. The minimum atomic E-state index is -0.710. The van der Waals surface area contributed by atoms with Gasteiger partial charge in [0.2, 0.25) is 5.91 Å². The zero-order valence-electron chi connectivity index (χ0n) is 24.1. The normalized spacial score (nSPS) is 17.2. The average Bonchev–Trinajstić information content (AvgIpc) is 2.94. The summed E-state index contributed by atoms with van der Waals surface area (Å²) in [5.41, 5.74) is 1.37. The van der Waals surface area contributed by atoms with E-state index in [0.717, 1.165) is 5.56 Å². The molecule has 1 fully saturated rings. The zero-order valence-corrected chi connectivity index (χ0v) is 24.9. The first-order chi connectivity index (χ1) is 20.0. The van der Waals surface area contributed by atoms with Gasteiger partial charge in [-0.05, 0) is 62.6 Å². The van der Waals surface area contributed by atoms with E-state index in [1.54, 1.807) is 23.2 Å². The van der Waals surface area contributed by atoms with Gasteiger partial charge in [-0.2, -0.15) is 4.98 Å². The van der Waals surface area contributed by atoms with Gasteiger partial charge in [-0.15, -0.1) is 0 Å². The van der Waals surface area contributed by atoms with Crippen molar-refractivity contribution in [2.45, 2.75) is 52.6 Å². The lowest BCUT2D eigenvalue weighted by Crippen LogP contribution is -2.59. The molecule has 42 heavy (non-hydrogen) atoms. The smallest absolute Gasteiger partial charge is 0.355 e. The SMILES string of the molecule is C=CC(=O)N1CCN(c2nc(=O)n(-c3c(C)ccnc3C(C)C)c3nc(-c4c(O)cccc4F)c(Cl)cc23)[C@@H](C)[C@H]1C. The van der Waals surface area contributed by atoms with E-state index in [-0.39, 0.29) is 51.6 Å². The number of aryl methyl sites for hydroxylation is 1. The molecule has 9 nitrogen and oxygen atoms in total. The van der Waals surface area contributed by atoms with Gasteiger partial charge in [-0.25, -0.2) is 18.7 Å². The molecule has 5 rings (SSSR count). The maximum Gasteiger partial charge on any atom is 0.355 e. The summed E-state index contributed by atoms with van der Waals surface area (Å²) in [6.07, 6.45) is 2.98. The molecule has 1 N–H and O–H groups in total. The predicted molar refractivity (Wildman–Crippen MR) is 162 cm³/mol. The maximum atomic E-state index is 15.1. The Morgan fingerprint density at radius 3 is 2.60 bits per heavy atom. The molecule has 11 heteroatoms. The van der Waals surface area contributed by atoms with Crippen molar-refractivity contribution in [1.82, 2.24) is 24.4 Å². The van der Waals surface area contributed by atoms with Crippen LogP contribution in [0.25, 0.3) is 28.0 Å². The number of amides is 1. The number of piperazine rings is 1. The van der Waals surface area contributed by atoms with Gasteiger partial charge in [0.25, 0.3) is 0 Å². The van der Waals surface area contributed by atoms with Crippen LogP contribution < -0.4 is 10.6 Å². The van der Waals surface area contributed by atoms with Crippen LogP contribution in [-0.2, 0) is 4.79 Å². The molecule has 1 aliphatic rings. The van der Waals surface area contributed by atoms with Gasteiger partial charge in [-0.1, -0.05) is 38.1 Å². The van der Waals surface area contributed by atoms with Crippen molar-refractivity contribution >= 4 is 34.4 Å². The molecule has 1 saturated heterocycles. The molecule has 1 amide bonds. The Kier molecular flexibility index (Phi) is 7.76. The van der Waals surface area contributed by atoms with Crippen LogP contribution in [0, 0.1) is 12.7 Å². The minimum Gasteiger partial charge on any atom is -0.507 e. The number of carbonyl (C=O) groups is 1. The number of hydrogen-bond acceptors (Lipinski definition) is 7. The zero-order chi connectivity index (χ0) is 30.5. The summed E-state index contributed by atoms with van der Waals surface area (Å²) in [6, 6.07) is 6.89. The second kappa shape index (κ2) is 11.2. The molecule has 0 spiro atoms. The summed E-state index contributed by atoms with van der Waals surface area (Å²) in [6.45, 7) is 14.1. The number of halogens is 2. The second-order valence-electron chi connectivity index (χ2n) is 10.8. The van der Waals surface area contributed by atoms with E-state index < -0.39 is 11.5 Å². The number of phenols is 1. The van der Waals surface area contributed by atoms with Gasteiger partial charge in [0.15, 0.2) is 5.65 Å². The molecule has 0 saturated carbocycles. The lowest BCUT2D eigenvalue weighted by atomic mass is 10.0. The fourth-order valence-corrected chi connectivity index (χ4v) is 5.85. The number of phenolic OH excluding ortho intramolecular Hbond substituents is 1. The van der Waals surface area contributed by atoms with Gasteiger partial charge in [0.1, 0.15) is 17.4 Å². The Morgan fingerprint density at radius 1 is 1.19 bits per heavy atom. The third-order valence-electron chi connectivity index (χ3n) is 7.95. The molecule has 0 bridgehead atoms. The number of benzene rings is 1. The molecule has 0 radical (unpaired) electrons. The summed E-state index contributed by atoms with van der Waals surface area (Å²) in [7, 11) is 0. The van der Waals surface area contributed by atoms with Crippen LogP contribution in [-0.4, -0.2) is 60.6 Å². The van der Waals surface area contributed by atoms with Crippen molar-refractivity contribution in [1.29, 1.82) is 0 Å². The van der Waals surface area contributed by atoms with E-state index in [1.165, 1.54) is 28.8 Å². The first kappa shape index (κ1) is 29.2. The number of pyridine rings is 2. The highest BCUT2D eigenvalue weighted by molar-refractivity contribution is 6.34. The van der Waals surface area contributed by atoms with Crippen LogP contribution in [0.1, 0.15) is 44.9 Å². The molecule has 3 aromatic heterocycles. The molecular formula is C31H32ClFN6O3. The monoisotopic (exact) mass is 590 g/mol. The fraction of sp³-hybridized carbons (Fsp3) is 0.323. The van der Waals surface area contributed by atoms with Gasteiger partial charge in [-0.3, -0.25) is 9.78 Å². The summed E-state index contributed by atoms with van der Waals surface area (Å²) in [4.78, 5) is 44.1. The molecule has 4 heterocycles. The Hall–Kier alpha value is -4.31. The lowest BCUT2D eigenvalue weighted by molar-refractivity contribution is -0.129. The highest BCUT2D eigenvalue weighted by Crippen LogP contribution is 2.39. The number of fused-ring (bicyclic) bond motifs is 1. The van der Waals surface area contributed by atoms with Crippen molar-refractivity contribution in [3.8, 4) is 22.7 Å². The number of anilines is 1. The van der Waals surface area contributed by atoms with Gasteiger partial charge >= 0.3 is 5.69 Å². The summed E-state index contributed by atoms with van der Waals surface area (Å²) < 4.78 is 16.4. The highest BCUT2D eigenvalue weighted by Gasteiger charge is 2.35. The number of nitrogens with zero attached hydrogens (tertiary/aromatic N) is 6. The topological polar surface area (TPSA) is 104 Å². The number of hydrogen-bond donors (Lipinski definition) is 1. The predicted octanol–water partition coefficient (Wildman–Crippen LogP) is 5.38. The molecule has 0 aliphatic carbocycles. The van der Waals surface area contributed by atoms with Crippen molar-refractivity contribution in [3.05, 3.63) is 81.8 Å². The third kappa shape index (κ3) is 4.79. The maximum absolute atomic E-state index is 15.1. The van der Waals surface area contributed by atoms with E-state index >= 15 is 4.39 Å². The number of rotatable bonds is 5. The van der Waals surface area contributed by atoms with E-state index in [1.807, 2.05) is 39.5 Å². The summed E-state index contributed by atoms with van der Waals surface area (Å²) >= 11 is 6.74. The van der Waals surface area contributed by atoms with Crippen molar-refractivity contribution in [3.63, 3.8) is 0 Å². The van der Waals surface area contributed by atoms with Crippen LogP contribution >= 0.6 is 11.6 Å². The van der Waals surface area contributed by atoms with E-state index in [9.17, 15) is 14.7 Å². The van der Waals surface area contributed by atoms with E-state index in [0.29, 0.717) is 35.7 Å². The summed E-state index contributed by atoms with van der Waals surface area (Å²) in [5.74, 6) is -0.909. The number of carbonyl (C=O) groups excluding carboxylic acids is 1. The summed E-state index contributed by atoms with van der Waals surface area (Å²) in [5, 5.41) is 11.1. The molecule has 1 aromatic carbocycles. The van der Waals surface area contributed by atoms with E-state index in [4.69, 9.17) is 16.6 Å². The number of aromatic hydroxyl groups is 1. The minimum absolute atomic E-state index is 0.0134. The Bertz CT molecular complexity index is 1770. The Morgan fingerprint density at radius 2 is 1.93 bits per heavy atom. The molecule has 4 aromatic rings. The highest BCUT2D eigenvalue weighted by atomic mass is 35.5. The van der Waals surface area contributed by atoms with E-state index in [2.05, 4.69) is 16.5 Å². The molecule has 218 valence electrons. The van der Waals surface area contributed by atoms with Gasteiger partial charge in [0, 0.05) is 31.4 Å². The lowest BCUT2D eigenvalue weighted by Gasteiger charge is -2.45. The van der Waals surface area contributed by atoms with Crippen LogP contribution in [0.4, 0.5) is 10.2 Å². The quantitative estimate of drug-likeness (QED) is 0.311. The van der Waals surface area contributed by atoms with Gasteiger partial charge in [0.05, 0.1) is 33.0 Å². The average molecular weight is 591 g/mol. The van der Waals surface area contributed by atoms with Crippen molar-refractivity contribution in [2.75, 3.05) is 18.0 Å². The fourth-order valence-electron chi connectivity index (χ4n) is 5.60. The third-order valence-corrected chi connectivity index (χ3v) is 8.24. The van der Waals surface area contributed by atoms with Gasteiger partial charge < -0.3 is 14.9 Å². The second-order valence-corrected chi connectivity index (χ2v) is 11.2. The standard InChI is InChI=1S/C31H32ClFN6O3/c1-7-24(41)37-13-14-38(19(6)18(37)5)29-20-15-21(32)27(25-22(33)9-8-10-23(25)40)35-30(20)39(31(42)36-29)28-17(4)11-12-34-26(28)16(2)3/h7-12,15-16,18-19,40H,1,13-14H2,2-6H3/t18-,19+/m1/s1. The van der Waals surface area contributed by atoms with Crippen LogP contribution in [0.5, 0.6) is 5.75 Å². The first-order valence-electron chi connectivity index (χ1n) is 13.7. The van der Waals surface area contributed by atoms with Crippen molar-refractivity contribution < 1.29 is 14.3 Å². The Balaban J connectivity index is 1.85. The number of aromatic nitrogens is 4. The molecule has 1 aliphatic heterocycles.